The van der Waals surface area contributed by atoms with E-state index >= 15 is 0 Å². The summed E-state index contributed by atoms with van der Waals surface area (Å²) in [5.41, 5.74) is 6.56. The summed E-state index contributed by atoms with van der Waals surface area (Å²) in [6.07, 6.45) is 1.24. The van der Waals surface area contributed by atoms with E-state index in [9.17, 15) is 18.0 Å². The summed E-state index contributed by atoms with van der Waals surface area (Å²) in [6.45, 7) is 2.43. The van der Waals surface area contributed by atoms with E-state index in [-0.39, 0.29) is 30.4 Å². The number of ether oxygens (including phenoxy) is 1. The maximum absolute atomic E-state index is 14.1. The SMILES string of the molecule is N[C@@H]1CN(c2nc3cc(F)c(F)cc3n2C2CCN(C3CCOCC3)C2=O)CC[C@H]1F. The van der Waals surface area contributed by atoms with Gasteiger partial charge in [-0.1, -0.05) is 0 Å². The van der Waals surface area contributed by atoms with Crippen LogP contribution in [0.1, 0.15) is 31.7 Å². The van der Waals surface area contributed by atoms with Gasteiger partial charge in [0, 0.05) is 51.0 Å². The molecule has 1 unspecified atom stereocenters. The third-order valence-electron chi connectivity index (χ3n) is 6.72. The second kappa shape index (κ2) is 7.98. The number of nitrogens with two attached hydrogens (primary N) is 1. The van der Waals surface area contributed by atoms with Crippen LogP contribution in [-0.2, 0) is 9.53 Å². The Labute approximate surface area is 177 Å². The maximum atomic E-state index is 14.1. The molecule has 31 heavy (non-hydrogen) atoms. The van der Waals surface area contributed by atoms with Crippen molar-refractivity contribution >= 4 is 22.9 Å². The number of benzene rings is 1. The summed E-state index contributed by atoms with van der Waals surface area (Å²) in [7, 11) is 0. The van der Waals surface area contributed by atoms with Gasteiger partial charge in [-0.3, -0.25) is 9.36 Å². The van der Waals surface area contributed by atoms with Gasteiger partial charge in [0.15, 0.2) is 11.6 Å². The molecule has 3 saturated heterocycles. The summed E-state index contributed by atoms with van der Waals surface area (Å²) in [4.78, 5) is 21.6. The Hall–Kier alpha value is -2.33. The van der Waals surface area contributed by atoms with Crippen LogP contribution in [0, 0.1) is 11.6 Å². The third-order valence-corrected chi connectivity index (χ3v) is 6.72. The van der Waals surface area contributed by atoms with Crippen LogP contribution in [0.15, 0.2) is 12.1 Å². The highest BCUT2D eigenvalue weighted by Gasteiger charge is 2.40. The molecule has 4 heterocycles. The number of carbonyl (C=O) groups excluding carboxylic acids is 1. The number of piperidine rings is 1. The number of alkyl halides is 1. The molecule has 5 rings (SSSR count). The van der Waals surface area contributed by atoms with E-state index in [1.807, 2.05) is 9.80 Å². The van der Waals surface area contributed by atoms with E-state index in [1.165, 1.54) is 0 Å². The van der Waals surface area contributed by atoms with Crippen LogP contribution in [0.3, 0.4) is 0 Å². The predicted octanol–water partition coefficient (Wildman–Crippen LogP) is 2.14. The highest BCUT2D eigenvalue weighted by atomic mass is 19.2. The lowest BCUT2D eigenvalue weighted by molar-refractivity contribution is -0.133. The van der Waals surface area contributed by atoms with Gasteiger partial charge < -0.3 is 20.3 Å². The van der Waals surface area contributed by atoms with Gasteiger partial charge in [0.05, 0.1) is 17.1 Å². The number of amides is 1. The van der Waals surface area contributed by atoms with Crippen molar-refractivity contribution in [2.24, 2.45) is 5.73 Å². The van der Waals surface area contributed by atoms with Crippen LogP contribution in [0.4, 0.5) is 19.1 Å². The molecule has 2 aromatic rings. The molecule has 1 aromatic heterocycles. The van der Waals surface area contributed by atoms with Crippen molar-refractivity contribution in [3.05, 3.63) is 23.8 Å². The molecule has 0 spiro atoms. The zero-order chi connectivity index (χ0) is 21.7. The standard InChI is InChI=1S/C21H26F3N5O2/c22-13-1-5-27(11-16(13)25)21-26-17-9-14(23)15(24)10-19(17)29(21)18-2-6-28(20(18)30)12-3-7-31-8-4-12/h9-10,12-13,16,18H,1-8,11,25H2/t13-,16-,18?/m1/s1. The van der Waals surface area contributed by atoms with E-state index in [2.05, 4.69) is 4.98 Å². The van der Waals surface area contributed by atoms with Gasteiger partial charge in [0.25, 0.3) is 0 Å². The molecule has 3 aliphatic rings. The Kier molecular flexibility index (Phi) is 5.29. The molecule has 7 nitrogen and oxygen atoms in total. The first-order valence-electron chi connectivity index (χ1n) is 10.8. The Morgan fingerprint density at radius 1 is 1.06 bits per heavy atom. The molecule has 0 saturated carbocycles. The van der Waals surface area contributed by atoms with Gasteiger partial charge in [0.2, 0.25) is 11.9 Å². The number of fused-ring (bicyclic) bond motifs is 1. The van der Waals surface area contributed by atoms with Gasteiger partial charge in [-0.2, -0.15) is 0 Å². The minimum atomic E-state index is -1.11. The molecular weight excluding hydrogens is 411 g/mol. The Morgan fingerprint density at radius 3 is 2.55 bits per heavy atom. The molecule has 1 amide bonds. The van der Waals surface area contributed by atoms with Crippen LogP contribution in [0.25, 0.3) is 11.0 Å². The van der Waals surface area contributed by atoms with E-state index < -0.39 is 29.9 Å². The van der Waals surface area contributed by atoms with Crippen molar-refractivity contribution in [2.75, 3.05) is 37.7 Å². The second-order valence-electron chi connectivity index (χ2n) is 8.63. The van der Waals surface area contributed by atoms with E-state index in [1.54, 1.807) is 4.57 Å². The number of hydrogen-bond acceptors (Lipinski definition) is 5. The summed E-state index contributed by atoms with van der Waals surface area (Å²) in [5, 5.41) is 0. The number of imidazole rings is 1. The first kappa shape index (κ1) is 20.6. The van der Waals surface area contributed by atoms with Crippen LogP contribution < -0.4 is 10.6 Å². The smallest absolute Gasteiger partial charge is 0.246 e. The van der Waals surface area contributed by atoms with E-state index in [0.717, 1.165) is 25.0 Å². The van der Waals surface area contributed by atoms with Crippen LogP contribution in [0.2, 0.25) is 0 Å². The molecule has 1 aromatic carbocycles. The van der Waals surface area contributed by atoms with E-state index in [0.29, 0.717) is 44.2 Å². The average Bonchev–Trinajstić information content (AvgIpc) is 3.31. The fraction of sp³-hybridized carbons (Fsp3) is 0.619. The summed E-state index contributed by atoms with van der Waals surface area (Å²) in [5.74, 6) is -1.63. The van der Waals surface area contributed by atoms with Crippen molar-refractivity contribution in [1.82, 2.24) is 14.5 Å². The van der Waals surface area contributed by atoms with E-state index in [4.69, 9.17) is 10.5 Å². The van der Waals surface area contributed by atoms with Crippen molar-refractivity contribution in [3.63, 3.8) is 0 Å². The highest BCUT2D eigenvalue weighted by molar-refractivity contribution is 5.88. The molecule has 0 aliphatic carbocycles. The quantitative estimate of drug-likeness (QED) is 0.796. The fourth-order valence-corrected chi connectivity index (χ4v) is 5.03. The Morgan fingerprint density at radius 2 is 1.81 bits per heavy atom. The number of halogens is 3. The lowest BCUT2D eigenvalue weighted by atomic mass is 10.1. The molecule has 10 heteroatoms. The molecule has 2 N–H and O–H groups in total. The normalized spacial score (nSPS) is 28.1. The lowest BCUT2D eigenvalue weighted by Gasteiger charge is -2.35. The van der Waals surface area contributed by atoms with Crippen LogP contribution in [0.5, 0.6) is 0 Å². The number of anilines is 1. The van der Waals surface area contributed by atoms with Crippen LogP contribution in [-0.4, -0.2) is 71.5 Å². The van der Waals surface area contributed by atoms with Gasteiger partial charge in [-0.25, -0.2) is 18.2 Å². The molecule has 3 atom stereocenters. The number of nitrogens with zero attached hydrogens (tertiary/aromatic N) is 4. The molecule has 3 aliphatic heterocycles. The second-order valence-corrected chi connectivity index (χ2v) is 8.63. The first-order chi connectivity index (χ1) is 14.9. The van der Waals surface area contributed by atoms with Crippen LogP contribution >= 0.6 is 0 Å². The van der Waals surface area contributed by atoms with Gasteiger partial charge in [-0.05, 0) is 25.7 Å². The number of likely N-dealkylation sites (tertiary alicyclic amines) is 1. The molecule has 0 bridgehead atoms. The molecule has 0 radical (unpaired) electrons. The van der Waals surface area contributed by atoms with Crippen molar-refractivity contribution in [3.8, 4) is 0 Å². The highest BCUT2D eigenvalue weighted by Crippen LogP contribution is 2.36. The summed E-state index contributed by atoms with van der Waals surface area (Å²) >= 11 is 0. The van der Waals surface area contributed by atoms with Crippen molar-refractivity contribution in [2.45, 2.75) is 50.0 Å². The number of rotatable bonds is 3. The third kappa shape index (κ3) is 3.55. The summed E-state index contributed by atoms with van der Waals surface area (Å²) < 4.78 is 49.1. The maximum Gasteiger partial charge on any atom is 0.246 e. The minimum absolute atomic E-state index is 0.0538. The number of aromatic nitrogens is 2. The fourth-order valence-electron chi connectivity index (χ4n) is 5.03. The zero-order valence-electron chi connectivity index (χ0n) is 17.1. The monoisotopic (exact) mass is 437 g/mol. The Bertz CT molecular complexity index is 993. The molecule has 168 valence electrons. The van der Waals surface area contributed by atoms with Crippen molar-refractivity contribution < 1.29 is 22.7 Å². The van der Waals surface area contributed by atoms with Gasteiger partial charge in [0.1, 0.15) is 12.2 Å². The largest absolute Gasteiger partial charge is 0.381 e. The van der Waals surface area contributed by atoms with Gasteiger partial charge >= 0.3 is 0 Å². The molecular formula is C21H26F3N5O2. The first-order valence-corrected chi connectivity index (χ1v) is 10.8. The average molecular weight is 437 g/mol. The van der Waals surface area contributed by atoms with Crippen molar-refractivity contribution in [1.29, 1.82) is 0 Å². The zero-order valence-corrected chi connectivity index (χ0v) is 17.1. The summed E-state index contributed by atoms with van der Waals surface area (Å²) in [6, 6.07) is 0.991. The number of carbonyl (C=O) groups is 1. The van der Waals surface area contributed by atoms with Gasteiger partial charge in [-0.15, -0.1) is 0 Å². The number of hydrogen-bond donors (Lipinski definition) is 1. The lowest BCUT2D eigenvalue weighted by Crippen LogP contribution is -2.50. The Balaban J connectivity index is 1.55. The minimum Gasteiger partial charge on any atom is -0.381 e. The topological polar surface area (TPSA) is 76.6 Å². The molecule has 3 fully saturated rings. The predicted molar refractivity (Wildman–Crippen MR) is 109 cm³/mol.